The van der Waals surface area contributed by atoms with Gasteiger partial charge in [0.05, 0.1) is 5.69 Å². The molecule has 24 heavy (non-hydrogen) atoms. The second kappa shape index (κ2) is 7.55. The molecule has 6 nitrogen and oxygen atoms in total. The maximum Gasteiger partial charge on any atom is 0.410 e. The molecule has 0 spiro atoms. The molecule has 2 heterocycles. The lowest BCUT2D eigenvalue weighted by Crippen LogP contribution is -2.49. The van der Waals surface area contributed by atoms with Gasteiger partial charge in [0.15, 0.2) is 0 Å². The largest absolute Gasteiger partial charge is 0.444 e. The number of carbonyl (C=O) groups is 1. The van der Waals surface area contributed by atoms with E-state index in [1.165, 1.54) is 11.3 Å². The summed E-state index contributed by atoms with van der Waals surface area (Å²) in [5.41, 5.74) is 3.22. The number of rotatable bonds is 4. The van der Waals surface area contributed by atoms with E-state index >= 15 is 0 Å². The predicted molar refractivity (Wildman–Crippen MR) is 95.2 cm³/mol. The zero-order chi connectivity index (χ0) is 17.9. The van der Waals surface area contributed by atoms with Crippen molar-refractivity contribution in [1.82, 2.24) is 20.0 Å². The number of hydrogen-bond acceptors (Lipinski definition) is 4. The van der Waals surface area contributed by atoms with E-state index < -0.39 is 5.60 Å². The lowest BCUT2D eigenvalue weighted by Gasteiger charge is -2.34. The normalized spacial score (nSPS) is 18.8. The number of nitrogens with zero attached hydrogens (tertiary/aromatic N) is 3. The van der Waals surface area contributed by atoms with Gasteiger partial charge in [0.2, 0.25) is 0 Å². The van der Waals surface area contributed by atoms with Crippen LogP contribution in [0.3, 0.4) is 0 Å². The monoisotopic (exact) mass is 336 g/mol. The Morgan fingerprint density at radius 3 is 2.67 bits per heavy atom. The van der Waals surface area contributed by atoms with Gasteiger partial charge in [0.1, 0.15) is 5.60 Å². The van der Waals surface area contributed by atoms with Crippen molar-refractivity contribution in [3.8, 4) is 0 Å². The van der Waals surface area contributed by atoms with Crippen molar-refractivity contribution in [2.45, 2.75) is 65.5 Å². The van der Waals surface area contributed by atoms with Gasteiger partial charge < -0.3 is 15.0 Å². The van der Waals surface area contributed by atoms with Crippen LogP contribution in [0.2, 0.25) is 0 Å². The molecule has 1 fully saturated rings. The summed E-state index contributed by atoms with van der Waals surface area (Å²) in [6.45, 7) is 12.3. The van der Waals surface area contributed by atoms with Gasteiger partial charge in [0, 0.05) is 31.9 Å². The van der Waals surface area contributed by atoms with E-state index in [1.807, 2.05) is 37.4 Å². The highest BCUT2D eigenvalue weighted by Crippen LogP contribution is 2.16. The Balaban J connectivity index is 1.82. The first-order chi connectivity index (χ1) is 11.2. The number of aromatic nitrogens is 2. The first-order valence-corrected chi connectivity index (χ1v) is 8.88. The summed E-state index contributed by atoms with van der Waals surface area (Å²) in [5, 5.41) is 8.06. The molecule has 0 aromatic carbocycles. The Bertz CT molecular complexity index is 574. The average Bonchev–Trinajstić information content (AvgIpc) is 2.72. The van der Waals surface area contributed by atoms with E-state index in [-0.39, 0.29) is 6.09 Å². The van der Waals surface area contributed by atoms with Gasteiger partial charge in [-0.3, -0.25) is 4.68 Å². The molecular formula is C18H32N4O2. The minimum absolute atomic E-state index is 0.201. The summed E-state index contributed by atoms with van der Waals surface area (Å²) in [5.74, 6) is 0. The van der Waals surface area contributed by atoms with Crippen LogP contribution in [0.15, 0.2) is 0 Å². The number of hydrogen-bond donors (Lipinski definition) is 1. The summed E-state index contributed by atoms with van der Waals surface area (Å²) < 4.78 is 7.42. The maximum absolute atomic E-state index is 12.2. The molecule has 0 bridgehead atoms. The van der Waals surface area contributed by atoms with Crippen molar-refractivity contribution in [2.75, 3.05) is 19.6 Å². The fourth-order valence-electron chi connectivity index (χ4n) is 3.22. The summed E-state index contributed by atoms with van der Waals surface area (Å²) in [6.07, 6.45) is 2.88. The molecular weight excluding hydrogens is 304 g/mol. The molecule has 0 radical (unpaired) electrons. The zero-order valence-corrected chi connectivity index (χ0v) is 16.0. The topological polar surface area (TPSA) is 59.4 Å². The Hall–Kier alpha value is -1.56. The quantitative estimate of drug-likeness (QED) is 0.918. The van der Waals surface area contributed by atoms with Gasteiger partial charge in [-0.1, -0.05) is 0 Å². The molecule has 1 aliphatic heterocycles. The number of nitrogens with one attached hydrogen (secondary N) is 1. The number of likely N-dealkylation sites (tertiary alicyclic amines) is 1. The van der Waals surface area contributed by atoms with Crippen molar-refractivity contribution in [3.05, 3.63) is 17.0 Å². The van der Waals surface area contributed by atoms with E-state index in [2.05, 4.69) is 24.3 Å². The summed E-state index contributed by atoms with van der Waals surface area (Å²) in [4.78, 5) is 14.0. The summed E-state index contributed by atoms with van der Waals surface area (Å²) in [7, 11) is 1.99. The Morgan fingerprint density at radius 2 is 2.08 bits per heavy atom. The van der Waals surface area contributed by atoms with Crippen molar-refractivity contribution in [1.29, 1.82) is 0 Å². The molecule has 0 aliphatic carbocycles. The lowest BCUT2D eigenvalue weighted by molar-refractivity contribution is 0.0188. The van der Waals surface area contributed by atoms with Crippen LogP contribution in [0, 0.1) is 13.8 Å². The molecule has 1 aromatic rings. The molecule has 6 heteroatoms. The van der Waals surface area contributed by atoms with Crippen molar-refractivity contribution in [3.63, 3.8) is 0 Å². The van der Waals surface area contributed by atoms with E-state index in [4.69, 9.17) is 4.74 Å². The predicted octanol–water partition coefficient (Wildman–Crippen LogP) is 2.57. The number of ether oxygens (including phenoxy) is 1. The minimum atomic E-state index is -0.438. The van der Waals surface area contributed by atoms with Crippen LogP contribution >= 0.6 is 0 Å². The molecule has 1 saturated heterocycles. The average molecular weight is 336 g/mol. The SMILES string of the molecule is Cc1nn(C)c(C)c1CCNC1CCCN(C(=O)OC(C)(C)C)C1. The maximum atomic E-state index is 12.2. The molecule has 1 N–H and O–H groups in total. The van der Waals surface area contributed by atoms with E-state index in [0.29, 0.717) is 6.04 Å². The smallest absolute Gasteiger partial charge is 0.410 e. The van der Waals surface area contributed by atoms with Gasteiger partial charge in [-0.15, -0.1) is 0 Å². The van der Waals surface area contributed by atoms with Gasteiger partial charge in [-0.2, -0.15) is 5.10 Å². The van der Waals surface area contributed by atoms with Gasteiger partial charge >= 0.3 is 6.09 Å². The number of piperidine rings is 1. The number of aryl methyl sites for hydroxylation is 2. The second-order valence-electron chi connectivity index (χ2n) is 7.74. The van der Waals surface area contributed by atoms with Crippen molar-refractivity contribution in [2.24, 2.45) is 7.05 Å². The van der Waals surface area contributed by atoms with Crippen LogP contribution in [-0.2, 0) is 18.2 Å². The highest BCUT2D eigenvalue weighted by atomic mass is 16.6. The lowest BCUT2D eigenvalue weighted by atomic mass is 10.1. The molecule has 2 rings (SSSR count). The van der Waals surface area contributed by atoms with Crippen LogP contribution in [0.25, 0.3) is 0 Å². The first kappa shape index (κ1) is 18.8. The summed E-state index contributed by atoms with van der Waals surface area (Å²) >= 11 is 0. The third-order valence-corrected chi connectivity index (χ3v) is 4.54. The van der Waals surface area contributed by atoms with Crippen LogP contribution in [0.5, 0.6) is 0 Å². The van der Waals surface area contributed by atoms with Crippen molar-refractivity contribution < 1.29 is 9.53 Å². The van der Waals surface area contributed by atoms with Crippen LogP contribution in [0.4, 0.5) is 4.79 Å². The fourth-order valence-corrected chi connectivity index (χ4v) is 3.22. The van der Waals surface area contributed by atoms with Crippen LogP contribution in [-0.4, -0.2) is 52.1 Å². The highest BCUT2D eigenvalue weighted by Gasteiger charge is 2.27. The van der Waals surface area contributed by atoms with Crippen LogP contribution in [0.1, 0.15) is 50.6 Å². The first-order valence-electron chi connectivity index (χ1n) is 8.88. The molecule has 1 aromatic heterocycles. The van der Waals surface area contributed by atoms with Crippen molar-refractivity contribution >= 4 is 6.09 Å². The molecule has 1 aliphatic rings. The highest BCUT2D eigenvalue weighted by molar-refractivity contribution is 5.68. The molecule has 1 amide bonds. The molecule has 1 atom stereocenters. The molecule has 136 valence electrons. The zero-order valence-electron chi connectivity index (χ0n) is 16.0. The Morgan fingerprint density at radius 1 is 1.38 bits per heavy atom. The number of carbonyl (C=O) groups excluding carboxylic acids is 1. The standard InChI is InChI=1S/C18H32N4O2/c1-13-16(14(2)21(6)20-13)9-10-19-15-8-7-11-22(12-15)17(23)24-18(3,4)5/h15,19H,7-12H2,1-6H3. The number of amides is 1. The Kier molecular flexibility index (Phi) is 5.91. The third-order valence-electron chi connectivity index (χ3n) is 4.54. The summed E-state index contributed by atoms with van der Waals surface area (Å²) in [6, 6.07) is 0.337. The van der Waals surface area contributed by atoms with E-state index in [1.54, 1.807) is 0 Å². The van der Waals surface area contributed by atoms with Gasteiger partial charge in [-0.05, 0) is 66.0 Å². The third kappa shape index (κ3) is 4.97. The van der Waals surface area contributed by atoms with Gasteiger partial charge in [-0.25, -0.2) is 4.79 Å². The minimum Gasteiger partial charge on any atom is -0.444 e. The fraction of sp³-hybridized carbons (Fsp3) is 0.778. The van der Waals surface area contributed by atoms with Crippen LogP contribution < -0.4 is 5.32 Å². The Labute approximate surface area is 145 Å². The van der Waals surface area contributed by atoms with E-state index in [9.17, 15) is 4.79 Å². The van der Waals surface area contributed by atoms with Gasteiger partial charge in [0.25, 0.3) is 0 Å². The molecule has 1 unspecified atom stereocenters. The second-order valence-corrected chi connectivity index (χ2v) is 7.74. The van der Waals surface area contributed by atoms with E-state index in [0.717, 1.165) is 44.6 Å². The molecule has 0 saturated carbocycles.